The van der Waals surface area contributed by atoms with Crippen LogP contribution in [0.3, 0.4) is 0 Å². The van der Waals surface area contributed by atoms with Crippen molar-refractivity contribution in [3.8, 4) is 0 Å². The quantitative estimate of drug-likeness (QED) is 0.648. The van der Waals surface area contributed by atoms with Gasteiger partial charge in [-0.25, -0.2) is 4.79 Å². The van der Waals surface area contributed by atoms with Crippen molar-refractivity contribution in [3.63, 3.8) is 0 Å². The second-order valence-corrected chi connectivity index (χ2v) is 5.68. The van der Waals surface area contributed by atoms with Crippen molar-refractivity contribution in [1.29, 1.82) is 0 Å². The van der Waals surface area contributed by atoms with Crippen LogP contribution in [-0.4, -0.2) is 23.1 Å². The number of hydrogen-bond acceptors (Lipinski definition) is 6. The van der Waals surface area contributed by atoms with Crippen LogP contribution < -0.4 is 5.73 Å². The minimum Gasteiger partial charge on any atom is -0.449 e. The SMILES string of the molecule is Cc1cc(CSc2ccccc2C(=O)O[C@@H](C)C(N)=O)no1. The molecule has 1 amide bonds. The summed E-state index contributed by atoms with van der Waals surface area (Å²) in [7, 11) is 0. The van der Waals surface area contributed by atoms with E-state index in [0.29, 0.717) is 11.3 Å². The Bertz CT molecular complexity index is 684. The lowest BCUT2D eigenvalue weighted by atomic mass is 10.2. The van der Waals surface area contributed by atoms with E-state index in [4.69, 9.17) is 15.0 Å². The molecule has 0 unspecified atom stereocenters. The van der Waals surface area contributed by atoms with E-state index in [1.54, 1.807) is 12.1 Å². The number of rotatable bonds is 6. The van der Waals surface area contributed by atoms with Crippen LogP contribution in [0.5, 0.6) is 0 Å². The summed E-state index contributed by atoms with van der Waals surface area (Å²) in [6.07, 6.45) is -0.969. The number of esters is 1. The highest BCUT2D eigenvalue weighted by Gasteiger charge is 2.19. The normalized spacial score (nSPS) is 11.9. The van der Waals surface area contributed by atoms with Crippen LogP contribution in [0.25, 0.3) is 0 Å². The Morgan fingerprint density at radius 2 is 2.14 bits per heavy atom. The first-order chi connectivity index (χ1) is 10.5. The largest absolute Gasteiger partial charge is 0.449 e. The van der Waals surface area contributed by atoms with E-state index >= 15 is 0 Å². The number of carbonyl (C=O) groups is 2. The number of aryl methyl sites for hydroxylation is 1. The summed E-state index contributed by atoms with van der Waals surface area (Å²) >= 11 is 1.44. The molecular formula is C15H16N2O4S. The highest BCUT2D eigenvalue weighted by molar-refractivity contribution is 7.98. The number of carbonyl (C=O) groups excluding carboxylic acids is 2. The number of benzene rings is 1. The Morgan fingerprint density at radius 3 is 2.77 bits per heavy atom. The summed E-state index contributed by atoms with van der Waals surface area (Å²) < 4.78 is 10.0. The summed E-state index contributed by atoms with van der Waals surface area (Å²) in [5, 5.41) is 3.90. The fourth-order valence-corrected chi connectivity index (χ4v) is 2.60. The number of amides is 1. The van der Waals surface area contributed by atoms with Gasteiger partial charge in [0.1, 0.15) is 5.76 Å². The molecule has 1 aromatic heterocycles. The zero-order chi connectivity index (χ0) is 16.1. The molecule has 1 heterocycles. The second-order valence-electron chi connectivity index (χ2n) is 4.66. The second kappa shape index (κ2) is 7.13. The topological polar surface area (TPSA) is 95.4 Å². The van der Waals surface area contributed by atoms with E-state index in [1.165, 1.54) is 18.7 Å². The Labute approximate surface area is 132 Å². The molecule has 2 N–H and O–H groups in total. The van der Waals surface area contributed by atoms with Crippen LogP contribution in [-0.2, 0) is 15.3 Å². The van der Waals surface area contributed by atoms with Gasteiger partial charge in [0.05, 0.1) is 11.3 Å². The maximum atomic E-state index is 12.1. The van der Waals surface area contributed by atoms with Crippen molar-refractivity contribution in [2.24, 2.45) is 5.73 Å². The lowest BCUT2D eigenvalue weighted by Gasteiger charge is -2.12. The van der Waals surface area contributed by atoms with Gasteiger partial charge >= 0.3 is 5.97 Å². The van der Waals surface area contributed by atoms with Crippen LogP contribution in [0, 0.1) is 6.92 Å². The van der Waals surface area contributed by atoms with Crippen molar-refractivity contribution in [2.45, 2.75) is 30.6 Å². The van der Waals surface area contributed by atoms with E-state index in [-0.39, 0.29) is 0 Å². The average molecular weight is 320 g/mol. The molecule has 2 aromatic rings. The van der Waals surface area contributed by atoms with Gasteiger partial charge in [-0.2, -0.15) is 0 Å². The number of hydrogen-bond donors (Lipinski definition) is 1. The fraction of sp³-hybridized carbons (Fsp3) is 0.267. The van der Waals surface area contributed by atoms with Gasteiger partial charge in [-0.1, -0.05) is 17.3 Å². The molecule has 0 bridgehead atoms. The summed E-state index contributed by atoms with van der Waals surface area (Å²) in [6, 6.07) is 8.85. The number of nitrogens with zero attached hydrogens (tertiary/aromatic N) is 1. The Balaban J connectivity index is 2.09. The van der Waals surface area contributed by atoms with Crippen LogP contribution in [0.4, 0.5) is 0 Å². The maximum Gasteiger partial charge on any atom is 0.340 e. The smallest absolute Gasteiger partial charge is 0.340 e. The molecule has 0 saturated heterocycles. The van der Waals surface area contributed by atoms with Crippen LogP contribution in [0.1, 0.15) is 28.7 Å². The van der Waals surface area contributed by atoms with E-state index in [2.05, 4.69) is 5.16 Å². The van der Waals surface area contributed by atoms with Gasteiger partial charge < -0.3 is 15.0 Å². The molecule has 0 spiro atoms. The molecule has 0 aliphatic rings. The Morgan fingerprint density at radius 1 is 1.41 bits per heavy atom. The third kappa shape index (κ3) is 4.11. The highest BCUT2D eigenvalue weighted by Crippen LogP contribution is 2.27. The Hall–Kier alpha value is -2.28. The van der Waals surface area contributed by atoms with Gasteiger partial charge in [0, 0.05) is 16.7 Å². The molecule has 22 heavy (non-hydrogen) atoms. The zero-order valence-corrected chi connectivity index (χ0v) is 13.1. The van der Waals surface area contributed by atoms with Crippen molar-refractivity contribution in [1.82, 2.24) is 5.16 Å². The summed E-state index contributed by atoms with van der Waals surface area (Å²) in [6.45, 7) is 3.26. The Kier molecular flexibility index (Phi) is 5.21. The third-order valence-corrected chi connectivity index (χ3v) is 3.95. The van der Waals surface area contributed by atoms with Crippen molar-refractivity contribution in [2.75, 3.05) is 0 Å². The highest BCUT2D eigenvalue weighted by atomic mass is 32.2. The number of thioether (sulfide) groups is 1. The molecule has 0 radical (unpaired) electrons. The molecule has 6 nitrogen and oxygen atoms in total. The lowest BCUT2D eigenvalue weighted by Crippen LogP contribution is -2.30. The monoisotopic (exact) mass is 320 g/mol. The van der Waals surface area contributed by atoms with Gasteiger partial charge in [-0.15, -0.1) is 11.8 Å². The third-order valence-electron chi connectivity index (χ3n) is 2.84. The number of nitrogens with two attached hydrogens (primary N) is 1. The van der Waals surface area contributed by atoms with Gasteiger partial charge in [0.2, 0.25) is 0 Å². The number of primary amides is 1. The standard InChI is InChI=1S/C15H16N2O4S/c1-9-7-11(17-21-9)8-22-13-6-4-3-5-12(13)15(19)20-10(2)14(16)18/h3-7,10H,8H2,1-2H3,(H2,16,18)/t10-/m0/s1. The predicted molar refractivity (Wildman–Crippen MR) is 81.3 cm³/mol. The van der Waals surface area contributed by atoms with Crippen molar-refractivity contribution in [3.05, 3.63) is 47.3 Å². The molecule has 0 saturated carbocycles. The summed E-state index contributed by atoms with van der Waals surface area (Å²) in [4.78, 5) is 23.8. The molecule has 2 rings (SSSR count). The molecule has 0 aliphatic heterocycles. The van der Waals surface area contributed by atoms with E-state index < -0.39 is 18.0 Å². The minimum absolute atomic E-state index is 0.390. The predicted octanol–water partition coefficient (Wildman–Crippen LogP) is 2.31. The fourth-order valence-electron chi connectivity index (χ4n) is 1.68. The van der Waals surface area contributed by atoms with Crippen LogP contribution in [0.15, 0.2) is 39.8 Å². The molecular weight excluding hydrogens is 304 g/mol. The molecule has 1 aromatic carbocycles. The maximum absolute atomic E-state index is 12.1. The first-order valence-electron chi connectivity index (χ1n) is 6.61. The zero-order valence-electron chi connectivity index (χ0n) is 12.2. The molecule has 116 valence electrons. The van der Waals surface area contributed by atoms with Crippen LogP contribution in [0.2, 0.25) is 0 Å². The molecule has 0 fully saturated rings. The number of ether oxygens (including phenoxy) is 1. The molecule has 0 aliphatic carbocycles. The molecule has 7 heteroatoms. The van der Waals surface area contributed by atoms with E-state index in [9.17, 15) is 9.59 Å². The first-order valence-corrected chi connectivity index (χ1v) is 7.60. The van der Waals surface area contributed by atoms with Gasteiger partial charge in [-0.05, 0) is 26.0 Å². The summed E-state index contributed by atoms with van der Waals surface area (Å²) in [5.74, 6) is 0.0355. The lowest BCUT2D eigenvalue weighted by molar-refractivity contribution is -0.125. The first kappa shape index (κ1) is 16.1. The number of aromatic nitrogens is 1. The summed E-state index contributed by atoms with van der Waals surface area (Å²) in [5.41, 5.74) is 6.28. The van der Waals surface area contributed by atoms with Gasteiger partial charge in [-0.3, -0.25) is 4.79 Å². The van der Waals surface area contributed by atoms with Gasteiger partial charge in [0.25, 0.3) is 5.91 Å². The van der Waals surface area contributed by atoms with E-state index in [0.717, 1.165) is 16.3 Å². The van der Waals surface area contributed by atoms with Crippen molar-refractivity contribution >= 4 is 23.6 Å². The van der Waals surface area contributed by atoms with Gasteiger partial charge in [0.15, 0.2) is 6.10 Å². The van der Waals surface area contributed by atoms with Crippen LogP contribution >= 0.6 is 11.8 Å². The average Bonchev–Trinajstić information content (AvgIpc) is 2.90. The molecule has 1 atom stereocenters. The van der Waals surface area contributed by atoms with Crippen molar-refractivity contribution < 1.29 is 18.8 Å². The minimum atomic E-state index is -0.969. The van der Waals surface area contributed by atoms with E-state index in [1.807, 2.05) is 25.1 Å².